The lowest BCUT2D eigenvalue weighted by atomic mass is 9.94. The molecule has 0 bridgehead atoms. The van der Waals surface area contributed by atoms with Crippen molar-refractivity contribution < 1.29 is 22.3 Å². The Bertz CT molecular complexity index is 1110. The number of halogens is 5. The maximum Gasteiger partial charge on any atom is 0.387 e. The molecule has 0 spiro atoms. The van der Waals surface area contributed by atoms with E-state index in [2.05, 4.69) is 26.9 Å². The van der Waals surface area contributed by atoms with Crippen LogP contribution in [0.25, 0.3) is 0 Å². The number of ether oxygens (including phenoxy) is 1. The third-order valence-corrected chi connectivity index (χ3v) is 5.95. The van der Waals surface area contributed by atoms with Crippen LogP contribution >= 0.6 is 11.6 Å². The number of pyridine rings is 1. The smallest absolute Gasteiger partial charge is 0.387 e. The first-order valence-electron chi connectivity index (χ1n) is 11.4. The summed E-state index contributed by atoms with van der Waals surface area (Å²) in [6.45, 7) is 1.01. The van der Waals surface area contributed by atoms with E-state index in [0.717, 1.165) is 11.3 Å². The van der Waals surface area contributed by atoms with Crippen LogP contribution < -0.4 is 15.4 Å². The molecule has 0 saturated heterocycles. The van der Waals surface area contributed by atoms with Crippen LogP contribution in [0.3, 0.4) is 0 Å². The molecular weight excluding hydrogens is 494 g/mol. The summed E-state index contributed by atoms with van der Waals surface area (Å²) in [5, 5.41) is 7.17. The third-order valence-electron chi connectivity index (χ3n) is 5.73. The van der Waals surface area contributed by atoms with Crippen molar-refractivity contribution in [3.63, 3.8) is 0 Å². The third kappa shape index (κ3) is 7.96. The maximum atomic E-state index is 13.3. The summed E-state index contributed by atoms with van der Waals surface area (Å²) in [6, 6.07) is 17.0. The summed E-state index contributed by atoms with van der Waals surface area (Å²) < 4.78 is 56.7. The molecule has 0 unspecified atom stereocenters. The van der Waals surface area contributed by atoms with Crippen LogP contribution in [0, 0.1) is 0 Å². The van der Waals surface area contributed by atoms with Gasteiger partial charge >= 0.3 is 6.61 Å². The van der Waals surface area contributed by atoms with E-state index in [4.69, 9.17) is 11.6 Å². The molecule has 0 fully saturated rings. The largest absolute Gasteiger partial charge is 0.435 e. The van der Waals surface area contributed by atoms with Gasteiger partial charge in [-0.3, -0.25) is 10.3 Å². The van der Waals surface area contributed by atoms with Crippen LogP contribution in [-0.4, -0.2) is 25.1 Å². The van der Waals surface area contributed by atoms with Gasteiger partial charge in [0.05, 0.1) is 11.1 Å². The van der Waals surface area contributed by atoms with Crippen LogP contribution in [0.1, 0.15) is 40.9 Å². The van der Waals surface area contributed by atoms with Gasteiger partial charge in [-0.15, -0.1) is 0 Å². The molecule has 1 heterocycles. The minimum atomic E-state index is -3.11. The highest BCUT2D eigenvalue weighted by Crippen LogP contribution is 2.31. The lowest BCUT2D eigenvalue weighted by Crippen LogP contribution is -2.31. The number of benzene rings is 2. The zero-order chi connectivity index (χ0) is 26.1. The number of hydrogen-bond donors (Lipinski definition) is 2. The van der Waals surface area contributed by atoms with Crippen molar-refractivity contribution in [1.29, 1.82) is 0 Å². The standard InChI is InChI=1S/C27H28ClF4N3O/c1-17(33-2)26(18-6-4-3-5-7-18)35-23(12-11-22-10-9-21(28)16-34-22)19-8-13-24(36-27(31)32)20(14-19)15-25(29)30/h3-10,13-14,16,23,25-27,33,35H,1,11-12,15H2,2H3/t23-,26+/m1/s1. The number of aryl methyl sites for hydroxylation is 1. The summed E-state index contributed by atoms with van der Waals surface area (Å²) in [7, 11) is 1.77. The molecule has 36 heavy (non-hydrogen) atoms. The van der Waals surface area contributed by atoms with E-state index in [0.29, 0.717) is 29.1 Å². The molecule has 9 heteroatoms. The van der Waals surface area contributed by atoms with E-state index in [1.165, 1.54) is 12.1 Å². The highest BCUT2D eigenvalue weighted by atomic mass is 35.5. The monoisotopic (exact) mass is 521 g/mol. The maximum absolute atomic E-state index is 13.3. The van der Waals surface area contributed by atoms with Crippen molar-refractivity contribution in [1.82, 2.24) is 15.6 Å². The SMILES string of the molecule is C=C(NC)[C@H](N[C@H](CCc1ccc(Cl)cn1)c1ccc(OC(F)F)c(CC(F)F)c1)c1ccccc1. The van der Waals surface area contributed by atoms with Gasteiger partial charge in [0.2, 0.25) is 6.43 Å². The van der Waals surface area contributed by atoms with Gasteiger partial charge in [-0.2, -0.15) is 8.78 Å². The van der Waals surface area contributed by atoms with Crippen molar-refractivity contribution in [2.24, 2.45) is 0 Å². The first-order chi connectivity index (χ1) is 17.3. The van der Waals surface area contributed by atoms with E-state index in [1.54, 1.807) is 25.4 Å². The summed E-state index contributed by atoms with van der Waals surface area (Å²) in [6.07, 6.45) is -0.759. The van der Waals surface area contributed by atoms with E-state index in [9.17, 15) is 17.6 Å². The van der Waals surface area contributed by atoms with Crippen molar-refractivity contribution in [2.45, 2.75) is 44.4 Å². The van der Waals surface area contributed by atoms with Gasteiger partial charge in [0.1, 0.15) is 5.75 Å². The molecule has 2 atom stereocenters. The Morgan fingerprint density at radius 1 is 1.03 bits per heavy atom. The van der Waals surface area contributed by atoms with Gasteiger partial charge < -0.3 is 10.1 Å². The van der Waals surface area contributed by atoms with Crippen molar-refractivity contribution in [2.75, 3.05) is 7.05 Å². The molecule has 4 nitrogen and oxygen atoms in total. The van der Waals surface area contributed by atoms with Gasteiger partial charge in [0, 0.05) is 42.7 Å². The fourth-order valence-electron chi connectivity index (χ4n) is 3.93. The topological polar surface area (TPSA) is 46.2 Å². The molecule has 0 saturated carbocycles. The minimum absolute atomic E-state index is 0.0166. The molecule has 0 aliphatic rings. The number of alkyl halides is 4. The Balaban J connectivity index is 1.97. The first-order valence-corrected chi connectivity index (χ1v) is 11.8. The van der Waals surface area contributed by atoms with Crippen LogP contribution in [0.2, 0.25) is 5.02 Å². The highest BCUT2D eigenvalue weighted by molar-refractivity contribution is 6.30. The Morgan fingerprint density at radius 2 is 1.78 bits per heavy atom. The summed E-state index contributed by atoms with van der Waals surface area (Å²) in [4.78, 5) is 4.34. The lowest BCUT2D eigenvalue weighted by molar-refractivity contribution is -0.0508. The van der Waals surface area contributed by atoms with Crippen LogP contribution in [0.15, 0.2) is 79.1 Å². The first kappa shape index (κ1) is 27.5. The van der Waals surface area contributed by atoms with Crippen LogP contribution in [0.4, 0.5) is 17.6 Å². The van der Waals surface area contributed by atoms with E-state index >= 15 is 0 Å². The molecule has 0 aliphatic carbocycles. The average molecular weight is 522 g/mol. The molecule has 0 aliphatic heterocycles. The Labute approximate surface area is 213 Å². The molecule has 0 amide bonds. The average Bonchev–Trinajstić information content (AvgIpc) is 2.86. The quantitative estimate of drug-likeness (QED) is 0.241. The number of hydrogen-bond acceptors (Lipinski definition) is 4. The molecule has 192 valence electrons. The molecule has 2 N–H and O–H groups in total. The van der Waals surface area contributed by atoms with Gasteiger partial charge in [-0.1, -0.05) is 60.6 Å². The summed E-state index contributed by atoms with van der Waals surface area (Å²) in [5.74, 6) is -0.258. The molecule has 1 aromatic heterocycles. The fourth-order valence-corrected chi connectivity index (χ4v) is 4.05. The molecule has 3 rings (SSSR count). The van der Waals surface area contributed by atoms with Gasteiger partial charge in [-0.25, -0.2) is 8.78 Å². The number of likely N-dealkylation sites (N-methyl/N-ethyl adjacent to an activating group) is 1. The highest BCUT2D eigenvalue weighted by Gasteiger charge is 2.23. The summed E-state index contributed by atoms with van der Waals surface area (Å²) in [5.41, 5.74) is 3.15. The van der Waals surface area contributed by atoms with Crippen LogP contribution in [0.5, 0.6) is 5.75 Å². The minimum Gasteiger partial charge on any atom is -0.435 e. The zero-order valence-electron chi connectivity index (χ0n) is 19.7. The fraction of sp³-hybridized carbons (Fsp3) is 0.296. The predicted molar refractivity (Wildman–Crippen MR) is 134 cm³/mol. The molecule has 0 radical (unpaired) electrons. The number of nitrogens with zero attached hydrogens (tertiary/aromatic N) is 1. The normalized spacial score (nSPS) is 13.0. The van der Waals surface area contributed by atoms with E-state index in [1.807, 2.05) is 36.4 Å². The number of nitrogens with one attached hydrogen (secondary N) is 2. The second kappa shape index (κ2) is 13.3. The zero-order valence-corrected chi connectivity index (χ0v) is 20.5. The Kier molecular flexibility index (Phi) is 10.1. The van der Waals surface area contributed by atoms with E-state index in [-0.39, 0.29) is 23.4 Å². The number of rotatable bonds is 13. The van der Waals surface area contributed by atoms with Crippen molar-refractivity contribution in [3.8, 4) is 5.75 Å². The Hall–Kier alpha value is -3.10. The second-order valence-electron chi connectivity index (χ2n) is 8.19. The molecule has 2 aromatic carbocycles. The van der Waals surface area contributed by atoms with Crippen molar-refractivity contribution in [3.05, 3.63) is 107 Å². The number of aromatic nitrogens is 1. The van der Waals surface area contributed by atoms with Gasteiger partial charge in [0.25, 0.3) is 0 Å². The van der Waals surface area contributed by atoms with Crippen LogP contribution in [-0.2, 0) is 12.8 Å². The van der Waals surface area contributed by atoms with Gasteiger partial charge in [0.15, 0.2) is 0 Å². The predicted octanol–water partition coefficient (Wildman–Crippen LogP) is 6.88. The second-order valence-corrected chi connectivity index (χ2v) is 8.62. The van der Waals surface area contributed by atoms with Crippen molar-refractivity contribution >= 4 is 11.6 Å². The molecular formula is C27H28ClF4N3O. The van der Waals surface area contributed by atoms with E-state index < -0.39 is 19.5 Å². The lowest BCUT2D eigenvalue weighted by Gasteiger charge is -2.29. The molecule has 3 aromatic rings. The Morgan fingerprint density at radius 3 is 2.39 bits per heavy atom. The van der Waals surface area contributed by atoms with Gasteiger partial charge in [-0.05, 0) is 42.2 Å². The summed E-state index contributed by atoms with van der Waals surface area (Å²) >= 11 is 5.95.